The summed E-state index contributed by atoms with van der Waals surface area (Å²) >= 11 is 0. The van der Waals surface area contributed by atoms with Crippen molar-refractivity contribution in [3.63, 3.8) is 0 Å². The van der Waals surface area contributed by atoms with Gasteiger partial charge < -0.3 is 4.90 Å². The van der Waals surface area contributed by atoms with Gasteiger partial charge in [0.1, 0.15) is 12.5 Å². The lowest BCUT2D eigenvalue weighted by molar-refractivity contribution is 0.0993. The monoisotopic (exact) mass is 297 g/mol. The molecule has 1 atom stereocenters. The number of anilines is 1. The first-order valence-corrected chi connectivity index (χ1v) is 8.23. The van der Waals surface area contributed by atoms with Crippen molar-refractivity contribution in [2.75, 3.05) is 37.7 Å². The van der Waals surface area contributed by atoms with Gasteiger partial charge in [-0.15, -0.1) is 0 Å². The molecule has 1 aromatic rings. The van der Waals surface area contributed by atoms with Gasteiger partial charge >= 0.3 is 0 Å². The zero-order valence-electron chi connectivity index (χ0n) is 12.9. The first kappa shape index (κ1) is 13.9. The highest BCUT2D eigenvalue weighted by Crippen LogP contribution is 2.22. The van der Waals surface area contributed by atoms with Crippen molar-refractivity contribution >= 4 is 12.0 Å². The molecule has 0 amide bonds. The molecule has 2 saturated heterocycles. The molecule has 0 radical (unpaired) electrons. The number of aliphatic imine (C=N–C) groups is 1. The molecule has 4 heterocycles. The van der Waals surface area contributed by atoms with E-state index in [4.69, 9.17) is 0 Å². The van der Waals surface area contributed by atoms with Crippen LogP contribution < -0.4 is 4.90 Å². The average Bonchev–Trinajstić information content (AvgIpc) is 3.04. The van der Waals surface area contributed by atoms with Gasteiger partial charge in [-0.05, 0) is 37.1 Å². The molecule has 1 aromatic heterocycles. The molecule has 0 bridgehead atoms. The first-order chi connectivity index (χ1) is 10.9. The molecular formula is C17H23N5. The predicted molar refractivity (Wildman–Crippen MR) is 89.1 cm³/mol. The van der Waals surface area contributed by atoms with Gasteiger partial charge in [0.15, 0.2) is 0 Å². The second kappa shape index (κ2) is 6.18. The second-order valence-electron chi connectivity index (χ2n) is 6.38. The summed E-state index contributed by atoms with van der Waals surface area (Å²) in [5, 5.41) is 0. The fourth-order valence-corrected chi connectivity index (χ4v) is 3.67. The maximum Gasteiger partial charge on any atom is 0.134 e. The molecule has 3 aliphatic heterocycles. The molecule has 3 aliphatic rings. The van der Waals surface area contributed by atoms with Crippen LogP contribution in [0.1, 0.15) is 18.4 Å². The maximum absolute atomic E-state index is 4.60. The number of rotatable bonds is 3. The Balaban J connectivity index is 1.37. The minimum Gasteiger partial charge on any atom is -0.313 e. The van der Waals surface area contributed by atoms with Gasteiger partial charge in [0.05, 0.1) is 0 Å². The molecule has 0 spiro atoms. The van der Waals surface area contributed by atoms with Crippen molar-refractivity contribution in [1.29, 1.82) is 0 Å². The van der Waals surface area contributed by atoms with Crippen LogP contribution in [0.3, 0.4) is 0 Å². The first-order valence-electron chi connectivity index (χ1n) is 8.23. The van der Waals surface area contributed by atoms with E-state index in [1.165, 1.54) is 44.6 Å². The Hall–Kier alpha value is -1.72. The Morgan fingerprint density at radius 3 is 3.00 bits per heavy atom. The van der Waals surface area contributed by atoms with Crippen LogP contribution in [0.15, 0.2) is 35.6 Å². The van der Waals surface area contributed by atoms with E-state index in [-0.39, 0.29) is 0 Å². The summed E-state index contributed by atoms with van der Waals surface area (Å²) in [4.78, 5) is 16.1. The normalized spacial score (nSPS) is 25.6. The molecule has 0 aliphatic carbocycles. The Bertz CT molecular complexity index is 565. The molecule has 2 fully saturated rings. The second-order valence-corrected chi connectivity index (χ2v) is 6.38. The van der Waals surface area contributed by atoms with Gasteiger partial charge in [0.25, 0.3) is 0 Å². The van der Waals surface area contributed by atoms with E-state index in [0.717, 1.165) is 18.4 Å². The molecule has 22 heavy (non-hydrogen) atoms. The molecular weight excluding hydrogens is 274 g/mol. The largest absolute Gasteiger partial charge is 0.313 e. The number of nitrogens with zero attached hydrogens (tertiary/aromatic N) is 5. The Labute approximate surface area is 131 Å². The zero-order chi connectivity index (χ0) is 14.8. The Morgan fingerprint density at radius 2 is 2.18 bits per heavy atom. The summed E-state index contributed by atoms with van der Waals surface area (Å²) in [6.45, 7) is 6.61. The molecule has 116 valence electrons. The molecule has 5 nitrogen and oxygen atoms in total. The smallest absolute Gasteiger partial charge is 0.134 e. The minimum atomic E-state index is 0.659. The van der Waals surface area contributed by atoms with E-state index in [9.17, 15) is 0 Å². The SMILES string of the molecule is C1=CN(c2ccc(CN3CCN4CCC[C@@H]4C3)cn2)CN=C1. The molecule has 0 N–H and O–H groups in total. The number of aromatic nitrogens is 1. The third-order valence-electron chi connectivity index (χ3n) is 4.87. The van der Waals surface area contributed by atoms with Crippen LogP contribution in [0, 0.1) is 0 Å². The van der Waals surface area contributed by atoms with Gasteiger partial charge in [0.2, 0.25) is 0 Å². The summed E-state index contributed by atoms with van der Waals surface area (Å²) in [7, 11) is 0. The van der Waals surface area contributed by atoms with Gasteiger partial charge in [-0.2, -0.15) is 0 Å². The number of hydrogen-bond acceptors (Lipinski definition) is 5. The van der Waals surface area contributed by atoms with Crippen molar-refractivity contribution in [2.45, 2.75) is 25.4 Å². The summed E-state index contributed by atoms with van der Waals surface area (Å²) in [5.74, 6) is 0.970. The number of piperazine rings is 1. The molecule has 0 unspecified atom stereocenters. The van der Waals surface area contributed by atoms with Crippen LogP contribution in [0.5, 0.6) is 0 Å². The number of fused-ring (bicyclic) bond motifs is 1. The fourth-order valence-electron chi connectivity index (χ4n) is 3.67. The lowest BCUT2D eigenvalue weighted by atomic mass is 10.1. The summed E-state index contributed by atoms with van der Waals surface area (Å²) in [5.41, 5.74) is 1.31. The fraction of sp³-hybridized carbons (Fsp3) is 0.529. The van der Waals surface area contributed by atoms with Crippen LogP contribution in [-0.2, 0) is 6.54 Å². The van der Waals surface area contributed by atoms with Gasteiger partial charge in [0, 0.05) is 50.8 Å². The quantitative estimate of drug-likeness (QED) is 0.851. The summed E-state index contributed by atoms with van der Waals surface area (Å²) in [6.07, 6.45) is 10.6. The van der Waals surface area contributed by atoms with Crippen molar-refractivity contribution in [2.24, 2.45) is 4.99 Å². The van der Waals surface area contributed by atoms with E-state index in [0.29, 0.717) is 6.67 Å². The minimum absolute atomic E-state index is 0.659. The van der Waals surface area contributed by atoms with Crippen molar-refractivity contribution < 1.29 is 0 Å². The average molecular weight is 297 g/mol. The van der Waals surface area contributed by atoms with Crippen LogP contribution in [0.4, 0.5) is 5.82 Å². The summed E-state index contributed by atoms with van der Waals surface area (Å²) in [6, 6.07) is 5.10. The number of allylic oxidation sites excluding steroid dienone is 1. The maximum atomic E-state index is 4.60. The van der Waals surface area contributed by atoms with Crippen LogP contribution in [0.2, 0.25) is 0 Å². The van der Waals surface area contributed by atoms with Crippen molar-refractivity contribution in [3.05, 3.63) is 36.2 Å². The van der Waals surface area contributed by atoms with E-state index in [2.05, 4.69) is 36.8 Å². The molecule has 5 heteroatoms. The molecule has 4 rings (SSSR count). The topological polar surface area (TPSA) is 35.0 Å². The van der Waals surface area contributed by atoms with Gasteiger partial charge in [-0.1, -0.05) is 6.07 Å². The Morgan fingerprint density at radius 1 is 1.18 bits per heavy atom. The molecule has 0 aromatic carbocycles. The Kier molecular flexibility index (Phi) is 3.91. The van der Waals surface area contributed by atoms with Gasteiger partial charge in [-0.3, -0.25) is 14.8 Å². The predicted octanol–water partition coefficient (Wildman–Crippen LogP) is 1.72. The van der Waals surface area contributed by atoms with E-state index < -0.39 is 0 Å². The van der Waals surface area contributed by atoms with E-state index >= 15 is 0 Å². The zero-order valence-corrected chi connectivity index (χ0v) is 12.9. The third kappa shape index (κ3) is 2.91. The van der Waals surface area contributed by atoms with Crippen LogP contribution >= 0.6 is 0 Å². The molecule has 0 saturated carbocycles. The highest BCUT2D eigenvalue weighted by atomic mass is 15.3. The van der Waals surface area contributed by atoms with Crippen molar-refractivity contribution in [1.82, 2.24) is 14.8 Å². The van der Waals surface area contributed by atoms with Crippen LogP contribution in [-0.4, -0.2) is 59.9 Å². The highest BCUT2D eigenvalue weighted by molar-refractivity contribution is 5.73. The van der Waals surface area contributed by atoms with E-state index in [1.54, 1.807) is 0 Å². The number of hydrogen-bond donors (Lipinski definition) is 0. The summed E-state index contributed by atoms with van der Waals surface area (Å²) < 4.78 is 0. The third-order valence-corrected chi connectivity index (χ3v) is 4.87. The standard InChI is InChI=1S/C17H23N5/c1-3-16-13-20(9-10-21(16)7-1)12-15-4-5-17(19-11-15)22-8-2-6-18-14-22/h2,4-6,8,11,16H,1,3,7,9-10,12-14H2/t16-/m1/s1. The van der Waals surface area contributed by atoms with Gasteiger partial charge in [-0.25, -0.2) is 4.98 Å². The highest BCUT2D eigenvalue weighted by Gasteiger charge is 2.30. The van der Waals surface area contributed by atoms with Crippen LogP contribution in [0.25, 0.3) is 0 Å². The van der Waals surface area contributed by atoms with Crippen molar-refractivity contribution in [3.8, 4) is 0 Å². The number of pyridine rings is 1. The van der Waals surface area contributed by atoms with E-state index in [1.807, 2.05) is 24.7 Å². The lowest BCUT2D eigenvalue weighted by Gasteiger charge is -2.37. The lowest BCUT2D eigenvalue weighted by Crippen LogP contribution is -2.49.